The van der Waals surface area contributed by atoms with Crippen LogP contribution in [0, 0.1) is 6.92 Å². The molecule has 15 heavy (non-hydrogen) atoms. The zero-order chi connectivity index (χ0) is 10.8. The van der Waals surface area contributed by atoms with Crippen LogP contribution in [0.4, 0.5) is 0 Å². The van der Waals surface area contributed by atoms with E-state index in [4.69, 9.17) is 11.6 Å². The van der Waals surface area contributed by atoms with E-state index in [1.54, 1.807) is 22.7 Å². The fraction of sp³-hybridized carbons (Fsp3) is 0.0909. The minimum absolute atomic E-state index is 0.809. The summed E-state index contributed by atoms with van der Waals surface area (Å²) in [5, 5.41) is 2.15. The van der Waals surface area contributed by atoms with Crippen LogP contribution in [-0.4, -0.2) is 0 Å². The third kappa shape index (κ3) is 2.94. The number of aryl methyl sites for hydroxylation is 1. The predicted octanol–water partition coefficient (Wildman–Crippen LogP) is 5.70. The van der Waals surface area contributed by atoms with Crippen LogP contribution in [0.5, 0.6) is 0 Å². The third-order valence-electron chi connectivity index (χ3n) is 1.83. The smallest absolute Gasteiger partial charge is 0.0946 e. The van der Waals surface area contributed by atoms with Gasteiger partial charge in [-0.1, -0.05) is 11.6 Å². The van der Waals surface area contributed by atoms with Crippen molar-refractivity contribution in [2.24, 2.45) is 0 Å². The van der Waals surface area contributed by atoms with Crippen molar-refractivity contribution >= 4 is 62.4 Å². The average Bonchev–Trinajstić information content (AvgIpc) is 2.70. The molecule has 0 fully saturated rings. The monoisotopic (exact) mass is 318 g/mol. The van der Waals surface area contributed by atoms with Gasteiger partial charge in [-0.05, 0) is 58.1 Å². The summed E-state index contributed by atoms with van der Waals surface area (Å²) < 4.78 is 1.87. The van der Waals surface area contributed by atoms with E-state index in [0.29, 0.717) is 0 Å². The molecule has 2 aromatic rings. The van der Waals surface area contributed by atoms with Gasteiger partial charge >= 0.3 is 0 Å². The standard InChI is InChI=1S/C11H8BrClS2/c1-7-4-8(14-6-7)2-3-10-9(12)5-11(13)15-10/h2-6H,1H3. The Morgan fingerprint density at radius 2 is 2.13 bits per heavy atom. The minimum Gasteiger partial charge on any atom is -0.144 e. The Hall–Kier alpha value is -0.0900. The Balaban J connectivity index is 2.21. The van der Waals surface area contributed by atoms with Crippen LogP contribution in [0.1, 0.15) is 15.3 Å². The van der Waals surface area contributed by atoms with Crippen molar-refractivity contribution in [2.75, 3.05) is 0 Å². The van der Waals surface area contributed by atoms with Crippen LogP contribution in [0.15, 0.2) is 22.0 Å². The Kier molecular flexibility index (Phi) is 3.67. The van der Waals surface area contributed by atoms with Crippen LogP contribution >= 0.6 is 50.2 Å². The van der Waals surface area contributed by atoms with Crippen molar-refractivity contribution in [2.45, 2.75) is 6.92 Å². The van der Waals surface area contributed by atoms with Gasteiger partial charge in [-0.3, -0.25) is 0 Å². The van der Waals surface area contributed by atoms with Crippen LogP contribution < -0.4 is 0 Å². The second-order valence-electron chi connectivity index (χ2n) is 3.12. The second kappa shape index (κ2) is 4.83. The third-order valence-corrected chi connectivity index (χ3v) is 5.00. The highest BCUT2D eigenvalue weighted by atomic mass is 79.9. The van der Waals surface area contributed by atoms with Gasteiger partial charge in [0.1, 0.15) is 0 Å². The lowest BCUT2D eigenvalue weighted by Gasteiger charge is -1.86. The molecule has 2 rings (SSSR count). The van der Waals surface area contributed by atoms with Crippen molar-refractivity contribution < 1.29 is 0 Å². The Bertz CT molecular complexity index is 496. The van der Waals surface area contributed by atoms with Crippen molar-refractivity contribution in [1.29, 1.82) is 0 Å². The molecular weight excluding hydrogens is 312 g/mol. The maximum Gasteiger partial charge on any atom is 0.0946 e. The Labute approximate surface area is 110 Å². The Morgan fingerprint density at radius 3 is 2.67 bits per heavy atom. The molecule has 0 amide bonds. The SMILES string of the molecule is Cc1csc(C=Cc2sc(Cl)cc2Br)c1. The molecule has 0 saturated carbocycles. The van der Waals surface area contributed by atoms with Gasteiger partial charge in [0.05, 0.1) is 4.34 Å². The van der Waals surface area contributed by atoms with Gasteiger partial charge < -0.3 is 0 Å². The summed E-state index contributed by atoms with van der Waals surface area (Å²) in [6.07, 6.45) is 4.20. The normalized spacial score (nSPS) is 11.4. The largest absolute Gasteiger partial charge is 0.144 e. The summed E-state index contributed by atoms with van der Waals surface area (Å²) in [7, 11) is 0. The first-order valence-corrected chi connectivity index (χ1v) is 7.20. The predicted molar refractivity (Wildman–Crippen MR) is 75.0 cm³/mol. The van der Waals surface area contributed by atoms with Crippen molar-refractivity contribution in [3.63, 3.8) is 0 Å². The van der Waals surface area contributed by atoms with Gasteiger partial charge in [0.25, 0.3) is 0 Å². The van der Waals surface area contributed by atoms with E-state index in [1.807, 2.05) is 6.07 Å². The van der Waals surface area contributed by atoms with E-state index in [0.717, 1.165) is 13.7 Å². The lowest BCUT2D eigenvalue weighted by atomic mass is 10.3. The summed E-state index contributed by atoms with van der Waals surface area (Å²) >= 11 is 12.7. The molecule has 0 nitrogen and oxygen atoms in total. The van der Waals surface area contributed by atoms with Crippen molar-refractivity contribution in [1.82, 2.24) is 0 Å². The first-order chi connectivity index (χ1) is 7.15. The molecule has 0 N–H and O–H groups in total. The molecule has 0 radical (unpaired) electrons. The fourth-order valence-electron chi connectivity index (χ4n) is 1.17. The van der Waals surface area contributed by atoms with Crippen molar-refractivity contribution in [3.8, 4) is 0 Å². The summed E-state index contributed by atoms with van der Waals surface area (Å²) in [6.45, 7) is 2.10. The molecule has 4 heteroatoms. The molecule has 0 aliphatic heterocycles. The highest BCUT2D eigenvalue weighted by molar-refractivity contribution is 9.10. The van der Waals surface area contributed by atoms with Crippen LogP contribution in [-0.2, 0) is 0 Å². The zero-order valence-corrected chi connectivity index (χ0v) is 11.9. The van der Waals surface area contributed by atoms with E-state index in [-0.39, 0.29) is 0 Å². The summed E-state index contributed by atoms with van der Waals surface area (Å²) in [6, 6.07) is 4.09. The molecule has 0 unspecified atom stereocenters. The molecule has 0 bridgehead atoms. The minimum atomic E-state index is 0.809. The van der Waals surface area contributed by atoms with Gasteiger partial charge in [0.2, 0.25) is 0 Å². The van der Waals surface area contributed by atoms with Gasteiger partial charge in [0.15, 0.2) is 0 Å². The lowest BCUT2D eigenvalue weighted by molar-refractivity contribution is 1.55. The molecule has 0 saturated heterocycles. The summed E-state index contributed by atoms with van der Waals surface area (Å²) in [5.41, 5.74) is 1.31. The first kappa shape index (κ1) is 11.4. The molecule has 0 atom stereocenters. The molecule has 2 aromatic heterocycles. The van der Waals surface area contributed by atoms with Crippen LogP contribution in [0.3, 0.4) is 0 Å². The number of halogens is 2. The molecule has 78 valence electrons. The Morgan fingerprint density at radius 1 is 1.33 bits per heavy atom. The second-order valence-corrected chi connectivity index (χ2v) is 6.63. The van der Waals surface area contributed by atoms with Gasteiger partial charge in [0, 0.05) is 14.2 Å². The number of hydrogen-bond acceptors (Lipinski definition) is 2. The van der Waals surface area contributed by atoms with Crippen LogP contribution in [0.25, 0.3) is 12.2 Å². The average molecular weight is 320 g/mol. The van der Waals surface area contributed by atoms with E-state index in [9.17, 15) is 0 Å². The van der Waals surface area contributed by atoms with E-state index >= 15 is 0 Å². The van der Waals surface area contributed by atoms with E-state index in [1.165, 1.54) is 10.4 Å². The highest BCUT2D eigenvalue weighted by Gasteiger charge is 2.01. The number of thiophene rings is 2. The number of hydrogen-bond donors (Lipinski definition) is 0. The summed E-state index contributed by atoms with van der Waals surface area (Å²) in [4.78, 5) is 2.43. The molecule has 0 aliphatic rings. The van der Waals surface area contributed by atoms with E-state index in [2.05, 4.69) is 46.5 Å². The van der Waals surface area contributed by atoms with E-state index < -0.39 is 0 Å². The fourth-order valence-corrected chi connectivity index (χ4v) is 3.88. The van der Waals surface area contributed by atoms with Gasteiger partial charge in [-0.15, -0.1) is 22.7 Å². The first-order valence-electron chi connectivity index (χ1n) is 4.33. The maximum absolute atomic E-state index is 5.91. The van der Waals surface area contributed by atoms with Gasteiger partial charge in [-0.25, -0.2) is 0 Å². The highest BCUT2D eigenvalue weighted by Crippen LogP contribution is 2.32. The lowest BCUT2D eigenvalue weighted by Crippen LogP contribution is -1.62. The van der Waals surface area contributed by atoms with Crippen molar-refractivity contribution in [3.05, 3.63) is 41.6 Å². The van der Waals surface area contributed by atoms with Gasteiger partial charge in [-0.2, -0.15) is 0 Å². The number of rotatable bonds is 2. The van der Waals surface area contributed by atoms with Crippen LogP contribution in [0.2, 0.25) is 4.34 Å². The summed E-state index contributed by atoms with van der Waals surface area (Å²) in [5.74, 6) is 0. The quantitative estimate of drug-likeness (QED) is 0.665. The topological polar surface area (TPSA) is 0 Å². The maximum atomic E-state index is 5.91. The molecule has 0 spiro atoms. The molecular formula is C11H8BrClS2. The molecule has 2 heterocycles. The molecule has 0 aliphatic carbocycles. The zero-order valence-electron chi connectivity index (χ0n) is 7.96. The molecule has 0 aromatic carbocycles.